The molecule has 1 heterocycles. The first kappa shape index (κ1) is 21.2. The number of carbonyl (C=O) groups excluding carboxylic acids is 2. The molecule has 2 N–H and O–H groups in total. The van der Waals surface area contributed by atoms with Gasteiger partial charge in [0.1, 0.15) is 16.4 Å². The van der Waals surface area contributed by atoms with Crippen molar-refractivity contribution in [1.82, 2.24) is 0 Å². The highest BCUT2D eigenvalue weighted by Gasteiger charge is 2.48. The number of hydrogen-bond acceptors (Lipinski definition) is 5. The fraction of sp³-hybridized carbons (Fsp3) is 0.348. The summed E-state index contributed by atoms with van der Waals surface area (Å²) < 4.78 is 18.3. The van der Waals surface area contributed by atoms with Gasteiger partial charge in [0.15, 0.2) is 0 Å². The van der Waals surface area contributed by atoms with Crippen LogP contribution in [-0.4, -0.2) is 30.1 Å². The summed E-state index contributed by atoms with van der Waals surface area (Å²) in [6.45, 7) is 1.80. The van der Waals surface area contributed by atoms with Crippen molar-refractivity contribution in [2.24, 2.45) is 23.7 Å². The second-order valence-electron chi connectivity index (χ2n) is 7.90. The quantitative estimate of drug-likeness (QED) is 0.524. The molecule has 0 radical (unpaired) electrons. The monoisotopic (exact) mass is 443 g/mol. The smallest absolute Gasteiger partial charge is 0.341 e. The van der Waals surface area contributed by atoms with Crippen molar-refractivity contribution in [1.29, 1.82) is 0 Å². The van der Waals surface area contributed by atoms with Crippen LogP contribution in [0.5, 0.6) is 0 Å². The third-order valence-corrected chi connectivity index (χ3v) is 7.20. The van der Waals surface area contributed by atoms with Crippen molar-refractivity contribution in [3.8, 4) is 11.1 Å². The maximum atomic E-state index is 13.4. The topological polar surface area (TPSA) is 92.7 Å². The van der Waals surface area contributed by atoms with E-state index in [1.165, 1.54) is 30.6 Å². The van der Waals surface area contributed by atoms with Crippen molar-refractivity contribution in [2.45, 2.75) is 19.8 Å². The van der Waals surface area contributed by atoms with Gasteiger partial charge in [0.25, 0.3) is 0 Å². The minimum Gasteiger partial charge on any atom is -0.481 e. The highest BCUT2D eigenvalue weighted by atomic mass is 32.1. The lowest BCUT2D eigenvalue weighted by atomic mass is 9.62. The van der Waals surface area contributed by atoms with E-state index in [1.807, 2.05) is 12.2 Å². The first-order valence-corrected chi connectivity index (χ1v) is 10.8. The average Bonchev–Trinajstić information content (AvgIpc) is 3.09. The Hall–Kier alpha value is -3.00. The molecule has 1 fully saturated rings. The van der Waals surface area contributed by atoms with Crippen LogP contribution < -0.4 is 5.32 Å². The molecule has 162 valence electrons. The summed E-state index contributed by atoms with van der Waals surface area (Å²) in [4.78, 5) is 38.5. The zero-order valence-electron chi connectivity index (χ0n) is 17.1. The van der Waals surface area contributed by atoms with Gasteiger partial charge in [-0.25, -0.2) is 9.18 Å². The van der Waals surface area contributed by atoms with Crippen LogP contribution in [0.2, 0.25) is 0 Å². The molecule has 0 spiro atoms. The number of esters is 1. The molecule has 31 heavy (non-hydrogen) atoms. The maximum absolute atomic E-state index is 13.4. The van der Waals surface area contributed by atoms with Crippen molar-refractivity contribution in [3.05, 3.63) is 52.7 Å². The van der Waals surface area contributed by atoms with E-state index in [2.05, 4.69) is 5.32 Å². The van der Waals surface area contributed by atoms with E-state index in [0.717, 1.165) is 17.7 Å². The van der Waals surface area contributed by atoms with Crippen LogP contribution in [0.15, 0.2) is 36.4 Å². The molecule has 0 aliphatic heterocycles. The molecule has 0 unspecified atom stereocenters. The molecule has 1 saturated carbocycles. The summed E-state index contributed by atoms with van der Waals surface area (Å²) in [7, 11) is 1.25. The lowest BCUT2D eigenvalue weighted by Crippen LogP contribution is -2.47. The first-order chi connectivity index (χ1) is 14.8. The molecule has 1 aromatic carbocycles. The van der Waals surface area contributed by atoms with Gasteiger partial charge in [0.2, 0.25) is 5.91 Å². The van der Waals surface area contributed by atoms with Gasteiger partial charge in [0, 0.05) is 10.4 Å². The number of amides is 1. The predicted octanol–water partition coefficient (Wildman–Crippen LogP) is 4.50. The molecule has 1 aromatic heterocycles. The summed E-state index contributed by atoms with van der Waals surface area (Å²) in [6, 6.07) is 5.73. The van der Waals surface area contributed by atoms with E-state index in [4.69, 9.17) is 4.74 Å². The second kappa shape index (κ2) is 8.26. The normalized spacial score (nSPS) is 24.1. The Balaban J connectivity index is 1.71. The maximum Gasteiger partial charge on any atom is 0.341 e. The van der Waals surface area contributed by atoms with Crippen LogP contribution in [0, 0.1) is 36.4 Å². The molecule has 2 aromatic rings. The van der Waals surface area contributed by atoms with Crippen LogP contribution >= 0.6 is 11.3 Å². The number of halogens is 1. The SMILES string of the molecule is COC(=O)c1c(NC(=O)[C@@H]2[C@@H](C(=O)O)[C@H]3C=C[C@H]2CC3)sc(C)c1-c1ccc(F)cc1. The number of nitrogens with one attached hydrogen (secondary N) is 1. The van der Waals surface area contributed by atoms with Gasteiger partial charge < -0.3 is 15.2 Å². The molecule has 4 atom stereocenters. The second-order valence-corrected chi connectivity index (χ2v) is 9.13. The van der Waals surface area contributed by atoms with Crippen LogP contribution in [-0.2, 0) is 14.3 Å². The number of aliphatic carboxylic acids is 1. The van der Waals surface area contributed by atoms with E-state index in [-0.39, 0.29) is 17.4 Å². The summed E-state index contributed by atoms with van der Waals surface area (Å²) in [5.74, 6) is -4.23. The molecule has 5 rings (SSSR count). The first-order valence-electron chi connectivity index (χ1n) is 10.0. The summed E-state index contributed by atoms with van der Waals surface area (Å²) in [5, 5.41) is 12.9. The Morgan fingerprint density at radius 1 is 1.10 bits per heavy atom. The summed E-state index contributed by atoms with van der Waals surface area (Å²) in [5.41, 5.74) is 1.37. The molecule has 6 nitrogen and oxygen atoms in total. The van der Waals surface area contributed by atoms with Gasteiger partial charge >= 0.3 is 11.9 Å². The largest absolute Gasteiger partial charge is 0.481 e. The number of carboxylic acid groups (broad SMARTS) is 1. The Bertz CT molecular complexity index is 1070. The fourth-order valence-corrected chi connectivity index (χ4v) is 5.84. The molecule has 0 saturated heterocycles. The van der Waals surface area contributed by atoms with Gasteiger partial charge in [-0.15, -0.1) is 11.3 Å². The number of carboxylic acids is 1. The zero-order valence-corrected chi connectivity index (χ0v) is 17.9. The Labute approximate surface area is 182 Å². The summed E-state index contributed by atoms with van der Waals surface area (Å²) >= 11 is 1.21. The Morgan fingerprint density at radius 2 is 1.71 bits per heavy atom. The minimum absolute atomic E-state index is 0.148. The third kappa shape index (κ3) is 3.76. The Morgan fingerprint density at radius 3 is 2.26 bits per heavy atom. The number of hydrogen-bond donors (Lipinski definition) is 2. The molecule has 3 aliphatic rings. The lowest BCUT2D eigenvalue weighted by Gasteiger charge is -2.41. The molecule has 2 bridgehead atoms. The van der Waals surface area contributed by atoms with Crippen molar-refractivity contribution < 1.29 is 28.6 Å². The molecule has 3 aliphatic carbocycles. The van der Waals surface area contributed by atoms with E-state index in [1.54, 1.807) is 19.1 Å². The number of fused-ring (bicyclic) bond motifs is 2. The van der Waals surface area contributed by atoms with E-state index < -0.39 is 35.5 Å². The van der Waals surface area contributed by atoms with Crippen LogP contribution in [0.25, 0.3) is 11.1 Å². The van der Waals surface area contributed by atoms with Gasteiger partial charge in [-0.05, 0) is 49.3 Å². The number of thiophene rings is 1. The number of ether oxygens (including phenoxy) is 1. The highest BCUT2D eigenvalue weighted by molar-refractivity contribution is 7.17. The van der Waals surface area contributed by atoms with Crippen molar-refractivity contribution in [3.63, 3.8) is 0 Å². The van der Waals surface area contributed by atoms with Crippen LogP contribution in [0.3, 0.4) is 0 Å². The number of allylic oxidation sites excluding steroid dienone is 2. The van der Waals surface area contributed by atoms with E-state index >= 15 is 0 Å². The zero-order chi connectivity index (χ0) is 22.3. The summed E-state index contributed by atoms with van der Waals surface area (Å²) in [6.07, 6.45) is 5.35. The molecule has 1 amide bonds. The van der Waals surface area contributed by atoms with Gasteiger partial charge in [-0.3, -0.25) is 9.59 Å². The van der Waals surface area contributed by atoms with Crippen LogP contribution in [0.4, 0.5) is 9.39 Å². The minimum atomic E-state index is -0.984. The predicted molar refractivity (Wildman–Crippen MR) is 114 cm³/mol. The number of methoxy groups -OCH3 is 1. The third-order valence-electron chi connectivity index (χ3n) is 6.18. The van der Waals surface area contributed by atoms with Gasteiger partial charge in [-0.2, -0.15) is 0 Å². The standard InChI is InChI=1S/C23H22FNO5S/c1-11-16(12-7-9-15(24)10-8-12)19(23(29)30-2)21(31-11)25-20(26)17-13-3-5-14(6-4-13)18(17)22(27)28/h3,5,7-10,13-14,17-18H,4,6H2,1-2H3,(H,25,26)(H,27,28)/t13-,14-,17-,18-/m0/s1. The van der Waals surface area contributed by atoms with Crippen LogP contribution in [0.1, 0.15) is 28.1 Å². The van der Waals surface area contributed by atoms with Crippen molar-refractivity contribution >= 4 is 34.2 Å². The Kier molecular flexibility index (Phi) is 5.66. The van der Waals surface area contributed by atoms with Crippen molar-refractivity contribution in [2.75, 3.05) is 12.4 Å². The number of aryl methyl sites for hydroxylation is 1. The number of carbonyl (C=O) groups is 3. The van der Waals surface area contributed by atoms with Gasteiger partial charge in [0.05, 0.1) is 18.9 Å². The number of anilines is 1. The highest BCUT2D eigenvalue weighted by Crippen LogP contribution is 2.46. The fourth-order valence-electron chi connectivity index (χ4n) is 4.78. The van der Waals surface area contributed by atoms with E-state index in [0.29, 0.717) is 16.1 Å². The van der Waals surface area contributed by atoms with E-state index in [9.17, 15) is 23.9 Å². The average molecular weight is 443 g/mol. The van der Waals surface area contributed by atoms with Gasteiger partial charge in [-0.1, -0.05) is 24.3 Å². The number of benzene rings is 1. The molecule has 8 heteroatoms. The number of rotatable bonds is 5. The molecular formula is C23H22FNO5S. The lowest BCUT2D eigenvalue weighted by molar-refractivity contribution is -0.151. The molecular weight excluding hydrogens is 421 g/mol.